The van der Waals surface area contributed by atoms with Crippen molar-refractivity contribution in [3.05, 3.63) is 28.8 Å². The molecular weight excluding hydrogens is 327 g/mol. The number of carboxylic acids is 1. The smallest absolute Gasteiger partial charge is 0.534 e. The summed E-state index contributed by atoms with van der Waals surface area (Å²) in [6, 6.07) is 0.467. The lowest BCUT2D eigenvalue weighted by Crippen LogP contribution is -2.53. The molecule has 1 amide bonds. The Morgan fingerprint density at radius 1 is 1.38 bits per heavy atom. The topological polar surface area (TPSA) is 113 Å². The zero-order valence-electron chi connectivity index (χ0n) is 12.6. The number of Topliss-reactive ketones (excluding diaryl/α,β-unsaturated/α-hetero) is 1. The van der Waals surface area contributed by atoms with E-state index in [1.807, 2.05) is 0 Å². The van der Waals surface area contributed by atoms with E-state index >= 15 is 0 Å². The number of carboxylic acid groups (broad SMARTS) is 1. The zero-order chi connectivity index (χ0) is 18.0. The fourth-order valence-electron chi connectivity index (χ4n) is 2.35. The van der Waals surface area contributed by atoms with Gasteiger partial charge in [0.15, 0.2) is 11.6 Å². The molecule has 0 spiro atoms. The number of hydrogen-bond acceptors (Lipinski definition) is 5. The summed E-state index contributed by atoms with van der Waals surface area (Å²) in [6.45, 7) is 1.31. The van der Waals surface area contributed by atoms with Crippen LogP contribution in [0.1, 0.15) is 35.7 Å². The Kier molecular flexibility index (Phi) is 5.18. The molecule has 0 saturated carbocycles. The monoisotopic (exact) mass is 341 g/mol. The van der Waals surface area contributed by atoms with Gasteiger partial charge in [-0.3, -0.25) is 4.79 Å². The molecule has 0 bridgehead atoms. The van der Waals surface area contributed by atoms with Crippen LogP contribution in [0.3, 0.4) is 0 Å². The molecule has 128 valence electrons. The maximum atomic E-state index is 13.9. The molecule has 2 rings (SSSR count). The highest BCUT2D eigenvalue weighted by molar-refractivity contribution is 6.47. The van der Waals surface area contributed by atoms with Crippen LogP contribution in [0.4, 0.5) is 8.78 Å². The van der Waals surface area contributed by atoms with E-state index in [1.165, 1.54) is 6.92 Å². The van der Waals surface area contributed by atoms with Crippen LogP contribution in [0.25, 0.3) is 0 Å². The number of fused-ring (bicyclic) bond motifs is 1. The largest absolute Gasteiger partial charge is 0.547 e. The van der Waals surface area contributed by atoms with E-state index in [0.29, 0.717) is 6.07 Å². The second-order valence-corrected chi connectivity index (χ2v) is 5.42. The van der Waals surface area contributed by atoms with Crippen LogP contribution >= 0.6 is 0 Å². The fourth-order valence-corrected chi connectivity index (χ4v) is 2.35. The van der Waals surface area contributed by atoms with E-state index in [-0.39, 0.29) is 30.6 Å². The molecule has 0 radical (unpaired) electrons. The van der Waals surface area contributed by atoms with Crippen LogP contribution < -0.4 is 9.97 Å². The quantitative estimate of drug-likeness (QED) is 0.671. The van der Waals surface area contributed by atoms with Crippen molar-refractivity contribution < 1.29 is 37.9 Å². The predicted octanol–water partition coefficient (Wildman–Crippen LogP) is 0.472. The van der Waals surface area contributed by atoms with E-state index in [2.05, 4.69) is 5.32 Å². The first kappa shape index (κ1) is 17.9. The van der Waals surface area contributed by atoms with Crippen LogP contribution in [-0.4, -0.2) is 40.8 Å². The average molecular weight is 341 g/mol. The summed E-state index contributed by atoms with van der Waals surface area (Å²) in [5.41, 5.74) is -1.00. The first-order valence-corrected chi connectivity index (χ1v) is 7.08. The maximum absolute atomic E-state index is 13.9. The Morgan fingerprint density at radius 3 is 2.62 bits per heavy atom. The van der Waals surface area contributed by atoms with Crippen molar-refractivity contribution >= 4 is 24.8 Å². The van der Waals surface area contributed by atoms with Gasteiger partial charge in [-0.15, -0.1) is 0 Å². The Balaban J connectivity index is 2.24. The third kappa shape index (κ3) is 3.70. The molecule has 0 aliphatic carbocycles. The molecule has 1 aromatic rings. The number of carbonyl (C=O) groups excluding carboxylic acids is 2. The summed E-state index contributed by atoms with van der Waals surface area (Å²) in [4.78, 5) is 33.7. The third-order valence-corrected chi connectivity index (χ3v) is 3.55. The van der Waals surface area contributed by atoms with Crippen LogP contribution in [-0.2, 0) is 16.0 Å². The van der Waals surface area contributed by atoms with Gasteiger partial charge in [0.05, 0.1) is 5.94 Å². The number of amides is 1. The SMILES string of the molecule is CC(=O)CCC(=O)N[C@H]1Cc2c(F)c(F)cc(C(=O)O)c2OB1O. The van der Waals surface area contributed by atoms with Gasteiger partial charge in [0.25, 0.3) is 0 Å². The average Bonchev–Trinajstić information content (AvgIpc) is 2.50. The number of nitrogens with one attached hydrogen (secondary N) is 1. The first-order valence-electron chi connectivity index (χ1n) is 7.08. The molecule has 24 heavy (non-hydrogen) atoms. The van der Waals surface area contributed by atoms with Gasteiger partial charge in [-0.25, -0.2) is 13.6 Å². The lowest BCUT2D eigenvalue weighted by Gasteiger charge is -2.29. The number of halogens is 2. The molecule has 1 atom stereocenters. The Bertz CT molecular complexity index is 711. The van der Waals surface area contributed by atoms with Gasteiger partial charge in [-0.05, 0) is 19.4 Å². The van der Waals surface area contributed by atoms with Crippen LogP contribution in [0.15, 0.2) is 6.07 Å². The van der Waals surface area contributed by atoms with Crippen molar-refractivity contribution in [3.63, 3.8) is 0 Å². The molecular formula is C14H14BF2NO6. The molecule has 7 nitrogen and oxygen atoms in total. The Hall–Kier alpha value is -2.49. The summed E-state index contributed by atoms with van der Waals surface area (Å²) in [5.74, 6) is -6.55. The molecule has 0 unspecified atom stereocenters. The van der Waals surface area contributed by atoms with Crippen LogP contribution in [0.5, 0.6) is 5.75 Å². The Morgan fingerprint density at radius 2 is 2.04 bits per heavy atom. The highest BCUT2D eigenvalue weighted by atomic mass is 19.2. The third-order valence-electron chi connectivity index (χ3n) is 3.55. The van der Waals surface area contributed by atoms with Gasteiger partial charge >= 0.3 is 13.1 Å². The zero-order valence-corrected chi connectivity index (χ0v) is 12.6. The van der Waals surface area contributed by atoms with Gasteiger partial charge in [-0.2, -0.15) is 0 Å². The van der Waals surface area contributed by atoms with Crippen LogP contribution in [0, 0.1) is 11.6 Å². The molecule has 1 aliphatic heterocycles. The lowest BCUT2D eigenvalue weighted by atomic mass is 9.72. The van der Waals surface area contributed by atoms with Gasteiger partial charge in [0.1, 0.15) is 17.1 Å². The predicted molar refractivity (Wildman–Crippen MR) is 77.5 cm³/mol. The van der Waals surface area contributed by atoms with Crippen molar-refractivity contribution in [3.8, 4) is 5.75 Å². The summed E-state index contributed by atoms with van der Waals surface area (Å²) >= 11 is 0. The van der Waals surface area contributed by atoms with Crippen LogP contribution in [0.2, 0.25) is 0 Å². The lowest BCUT2D eigenvalue weighted by molar-refractivity contribution is -0.124. The molecule has 1 aromatic carbocycles. The van der Waals surface area contributed by atoms with E-state index in [0.717, 1.165) is 0 Å². The number of carbonyl (C=O) groups is 3. The number of ketones is 1. The second-order valence-electron chi connectivity index (χ2n) is 5.42. The van der Waals surface area contributed by atoms with E-state index < -0.39 is 47.9 Å². The number of aromatic carboxylic acids is 1. The summed E-state index contributed by atoms with van der Waals surface area (Å²) in [6.07, 6.45) is -0.484. The van der Waals surface area contributed by atoms with Crippen molar-refractivity contribution in [1.29, 1.82) is 0 Å². The molecule has 10 heteroatoms. The van der Waals surface area contributed by atoms with E-state index in [4.69, 9.17) is 9.76 Å². The van der Waals surface area contributed by atoms with Crippen molar-refractivity contribution in [2.45, 2.75) is 32.1 Å². The fraction of sp³-hybridized carbons (Fsp3) is 0.357. The number of hydrogen-bond donors (Lipinski definition) is 3. The van der Waals surface area contributed by atoms with E-state index in [1.54, 1.807) is 0 Å². The number of benzene rings is 1. The van der Waals surface area contributed by atoms with Gasteiger partial charge in [0, 0.05) is 18.4 Å². The van der Waals surface area contributed by atoms with Gasteiger partial charge in [0.2, 0.25) is 5.91 Å². The molecule has 1 aliphatic rings. The number of rotatable bonds is 5. The van der Waals surface area contributed by atoms with E-state index in [9.17, 15) is 28.2 Å². The van der Waals surface area contributed by atoms with Crippen molar-refractivity contribution in [2.75, 3.05) is 0 Å². The molecule has 0 fully saturated rings. The molecule has 0 aromatic heterocycles. The minimum Gasteiger partial charge on any atom is -0.534 e. The minimum absolute atomic E-state index is 0.00174. The van der Waals surface area contributed by atoms with Crippen molar-refractivity contribution in [2.24, 2.45) is 0 Å². The Labute approximate surface area is 135 Å². The molecule has 0 saturated heterocycles. The second kappa shape index (κ2) is 6.96. The normalized spacial score (nSPS) is 16.2. The highest BCUT2D eigenvalue weighted by Crippen LogP contribution is 2.33. The van der Waals surface area contributed by atoms with Gasteiger partial charge < -0.3 is 24.9 Å². The van der Waals surface area contributed by atoms with Gasteiger partial charge in [-0.1, -0.05) is 0 Å². The van der Waals surface area contributed by atoms with Crippen molar-refractivity contribution in [1.82, 2.24) is 5.32 Å². The summed E-state index contributed by atoms with van der Waals surface area (Å²) in [5, 5.41) is 21.3. The summed E-state index contributed by atoms with van der Waals surface area (Å²) in [7, 11) is -1.64. The molecule has 3 N–H and O–H groups in total. The summed E-state index contributed by atoms with van der Waals surface area (Å²) < 4.78 is 32.5. The first-order chi connectivity index (χ1) is 11.2. The minimum atomic E-state index is -1.64. The molecule has 1 heterocycles. The highest BCUT2D eigenvalue weighted by Gasteiger charge is 2.40. The maximum Gasteiger partial charge on any atom is 0.547 e. The standard InChI is InChI=1S/C14H14BF2NO6/c1-6(19)2-3-11(20)18-10-5-7-12(17)9(16)4-8(14(21)22)13(7)24-15(10)23/h4,10,23H,2-3,5H2,1H3,(H,18,20)(H,21,22)/t10-/m0/s1.